The summed E-state index contributed by atoms with van der Waals surface area (Å²) >= 11 is 0. The lowest BCUT2D eigenvalue weighted by molar-refractivity contribution is -0.115. The number of amides is 2. The first kappa shape index (κ1) is 18.4. The summed E-state index contributed by atoms with van der Waals surface area (Å²) in [6, 6.07) is 21.9. The van der Waals surface area contributed by atoms with Gasteiger partial charge in [0.2, 0.25) is 11.7 Å². The van der Waals surface area contributed by atoms with Crippen LogP contribution in [0, 0.1) is 5.82 Å². The van der Waals surface area contributed by atoms with E-state index in [4.69, 9.17) is 4.42 Å². The van der Waals surface area contributed by atoms with Crippen molar-refractivity contribution in [3.05, 3.63) is 96.0 Å². The maximum absolute atomic E-state index is 13.4. The molecule has 0 aliphatic carbocycles. The second kappa shape index (κ2) is 7.98. The van der Waals surface area contributed by atoms with Crippen LogP contribution < -0.4 is 10.6 Å². The first-order chi connectivity index (χ1) is 14.1. The molecule has 144 valence electrons. The molecule has 0 atom stereocenters. The third-order valence-corrected chi connectivity index (χ3v) is 4.36. The molecule has 6 heteroatoms. The summed E-state index contributed by atoms with van der Waals surface area (Å²) in [5, 5.41) is 6.00. The van der Waals surface area contributed by atoms with Gasteiger partial charge in [0.05, 0.1) is 6.42 Å². The van der Waals surface area contributed by atoms with Gasteiger partial charge in [0.25, 0.3) is 5.91 Å². The molecule has 0 saturated carbocycles. The number of carbonyl (C=O) groups is 2. The number of fused-ring (bicyclic) bond motifs is 1. The van der Waals surface area contributed by atoms with Crippen LogP contribution in [0.4, 0.5) is 15.8 Å². The molecule has 0 fully saturated rings. The second-order valence-corrected chi connectivity index (χ2v) is 6.48. The van der Waals surface area contributed by atoms with Gasteiger partial charge in [0.15, 0.2) is 0 Å². The number of para-hydroxylation sites is 1. The van der Waals surface area contributed by atoms with Gasteiger partial charge < -0.3 is 15.1 Å². The minimum Gasteiger partial charge on any atom is -0.449 e. The maximum atomic E-state index is 13.4. The summed E-state index contributed by atoms with van der Waals surface area (Å²) in [6.45, 7) is 0. The zero-order valence-corrected chi connectivity index (χ0v) is 15.3. The highest BCUT2D eigenvalue weighted by atomic mass is 19.1. The zero-order chi connectivity index (χ0) is 20.2. The monoisotopic (exact) mass is 388 g/mol. The Morgan fingerprint density at radius 1 is 0.862 bits per heavy atom. The van der Waals surface area contributed by atoms with Crippen LogP contribution in [0.1, 0.15) is 16.1 Å². The topological polar surface area (TPSA) is 71.3 Å². The molecule has 3 aromatic carbocycles. The summed E-state index contributed by atoms with van der Waals surface area (Å²) in [6.07, 6.45) is 0.158. The Labute approximate surface area is 166 Å². The van der Waals surface area contributed by atoms with E-state index >= 15 is 0 Å². The van der Waals surface area contributed by atoms with E-state index in [9.17, 15) is 14.0 Å². The molecule has 0 saturated heterocycles. The van der Waals surface area contributed by atoms with E-state index in [1.165, 1.54) is 18.2 Å². The van der Waals surface area contributed by atoms with Crippen molar-refractivity contribution in [2.45, 2.75) is 6.42 Å². The van der Waals surface area contributed by atoms with Gasteiger partial charge in [-0.25, -0.2) is 4.39 Å². The Balaban J connectivity index is 1.63. The minimum atomic E-state index is -0.582. The largest absolute Gasteiger partial charge is 0.449 e. The molecular formula is C23H17FN2O3. The lowest BCUT2D eigenvalue weighted by Gasteiger charge is -2.08. The molecule has 0 aliphatic heterocycles. The van der Waals surface area contributed by atoms with Gasteiger partial charge in [0, 0.05) is 11.1 Å². The van der Waals surface area contributed by atoms with Crippen molar-refractivity contribution >= 4 is 34.2 Å². The lowest BCUT2D eigenvalue weighted by Crippen LogP contribution is -2.18. The number of furan rings is 1. The Morgan fingerprint density at radius 2 is 1.62 bits per heavy atom. The predicted molar refractivity (Wildman–Crippen MR) is 109 cm³/mol. The number of hydrogen-bond donors (Lipinski definition) is 2. The maximum Gasteiger partial charge on any atom is 0.293 e. The van der Waals surface area contributed by atoms with Gasteiger partial charge in [-0.05, 0) is 35.9 Å². The first-order valence-electron chi connectivity index (χ1n) is 9.02. The van der Waals surface area contributed by atoms with E-state index < -0.39 is 11.7 Å². The lowest BCUT2D eigenvalue weighted by atomic mass is 10.1. The van der Waals surface area contributed by atoms with E-state index in [1.807, 2.05) is 30.3 Å². The summed E-state index contributed by atoms with van der Waals surface area (Å²) in [7, 11) is 0. The fourth-order valence-corrected chi connectivity index (χ4v) is 3.05. The molecule has 4 rings (SSSR count). The van der Waals surface area contributed by atoms with Gasteiger partial charge >= 0.3 is 0 Å². The second-order valence-electron chi connectivity index (χ2n) is 6.48. The van der Waals surface area contributed by atoms with Gasteiger partial charge in [-0.2, -0.15) is 0 Å². The number of carbonyl (C=O) groups excluding carboxylic acids is 2. The molecule has 0 bridgehead atoms. The summed E-state index contributed by atoms with van der Waals surface area (Å²) in [5.74, 6) is -1.37. The summed E-state index contributed by atoms with van der Waals surface area (Å²) in [5.41, 5.74) is 1.89. The zero-order valence-electron chi connectivity index (χ0n) is 15.3. The Bertz CT molecular complexity index is 1190. The molecule has 0 radical (unpaired) electrons. The fraction of sp³-hybridized carbons (Fsp3) is 0.0435. The van der Waals surface area contributed by atoms with Crippen molar-refractivity contribution in [2.75, 3.05) is 10.6 Å². The van der Waals surface area contributed by atoms with Gasteiger partial charge in [-0.1, -0.05) is 48.5 Å². The van der Waals surface area contributed by atoms with Crippen LogP contribution in [0.2, 0.25) is 0 Å². The number of nitrogens with one attached hydrogen (secondary N) is 2. The van der Waals surface area contributed by atoms with Gasteiger partial charge in [-0.15, -0.1) is 0 Å². The molecule has 5 nitrogen and oxygen atoms in total. The van der Waals surface area contributed by atoms with E-state index in [2.05, 4.69) is 10.6 Å². The van der Waals surface area contributed by atoms with Crippen molar-refractivity contribution < 1.29 is 18.4 Å². The molecule has 0 aliphatic rings. The molecule has 0 spiro atoms. The van der Waals surface area contributed by atoms with E-state index in [1.54, 1.807) is 30.3 Å². The third-order valence-electron chi connectivity index (χ3n) is 4.36. The van der Waals surface area contributed by atoms with Crippen LogP contribution in [-0.4, -0.2) is 11.8 Å². The van der Waals surface area contributed by atoms with Crippen molar-refractivity contribution in [3.63, 3.8) is 0 Å². The first-order valence-corrected chi connectivity index (χ1v) is 9.02. The smallest absolute Gasteiger partial charge is 0.293 e. The number of hydrogen-bond acceptors (Lipinski definition) is 3. The van der Waals surface area contributed by atoms with E-state index in [0.717, 1.165) is 5.56 Å². The molecule has 1 aromatic heterocycles. The number of rotatable bonds is 5. The quantitative estimate of drug-likeness (QED) is 0.505. The highest BCUT2D eigenvalue weighted by Gasteiger charge is 2.22. The fourth-order valence-electron chi connectivity index (χ4n) is 3.05. The van der Waals surface area contributed by atoms with Crippen molar-refractivity contribution in [3.8, 4) is 0 Å². The molecule has 2 N–H and O–H groups in total. The van der Waals surface area contributed by atoms with Crippen molar-refractivity contribution in [1.82, 2.24) is 0 Å². The Hall–Kier alpha value is -3.93. The standard InChI is InChI=1S/C23H17FN2O3/c24-16-9-6-10-17(14-16)25-23(28)22-21(18-11-4-5-12-19(18)29-22)26-20(27)13-15-7-2-1-3-8-15/h1-12,14H,13H2,(H,25,28)(H,26,27). The molecule has 2 amide bonds. The van der Waals surface area contributed by atoms with Gasteiger partial charge in [-0.3, -0.25) is 9.59 Å². The van der Waals surface area contributed by atoms with E-state index in [-0.39, 0.29) is 29.5 Å². The minimum absolute atomic E-state index is 0.0446. The number of benzene rings is 3. The molecule has 0 unspecified atom stereocenters. The van der Waals surface area contributed by atoms with Crippen LogP contribution in [0.15, 0.2) is 83.3 Å². The highest BCUT2D eigenvalue weighted by Crippen LogP contribution is 2.31. The normalized spacial score (nSPS) is 10.7. The van der Waals surface area contributed by atoms with Crippen LogP contribution in [0.25, 0.3) is 11.0 Å². The predicted octanol–water partition coefficient (Wildman–Crippen LogP) is 5.01. The summed E-state index contributed by atoms with van der Waals surface area (Å²) in [4.78, 5) is 25.3. The molecular weight excluding hydrogens is 371 g/mol. The van der Waals surface area contributed by atoms with Crippen LogP contribution >= 0.6 is 0 Å². The number of anilines is 2. The molecule has 4 aromatic rings. The SMILES string of the molecule is O=C(Cc1ccccc1)Nc1c(C(=O)Nc2cccc(F)c2)oc2ccccc12. The van der Waals surface area contributed by atoms with Crippen LogP contribution in [0.5, 0.6) is 0 Å². The van der Waals surface area contributed by atoms with Crippen LogP contribution in [0.3, 0.4) is 0 Å². The summed E-state index contributed by atoms with van der Waals surface area (Å²) < 4.78 is 19.1. The van der Waals surface area contributed by atoms with E-state index in [0.29, 0.717) is 11.0 Å². The highest BCUT2D eigenvalue weighted by molar-refractivity contribution is 6.14. The molecule has 1 heterocycles. The van der Waals surface area contributed by atoms with Crippen molar-refractivity contribution in [2.24, 2.45) is 0 Å². The number of halogens is 1. The Morgan fingerprint density at radius 3 is 2.41 bits per heavy atom. The van der Waals surface area contributed by atoms with Gasteiger partial charge in [0.1, 0.15) is 17.1 Å². The van der Waals surface area contributed by atoms with Crippen molar-refractivity contribution in [1.29, 1.82) is 0 Å². The third kappa shape index (κ3) is 4.16. The van der Waals surface area contributed by atoms with Crippen LogP contribution in [-0.2, 0) is 11.2 Å². The molecule has 29 heavy (non-hydrogen) atoms. The Kier molecular flexibility index (Phi) is 5.07. The average Bonchev–Trinajstić information content (AvgIpc) is 3.07. The average molecular weight is 388 g/mol.